The minimum absolute atomic E-state index is 0.202. The fourth-order valence-corrected chi connectivity index (χ4v) is 1.60. The first kappa shape index (κ1) is 9.96. The van der Waals surface area contributed by atoms with Crippen LogP contribution in [-0.4, -0.2) is 38.5 Å². The highest BCUT2D eigenvalue weighted by atomic mass is 16.5. The molecule has 2 N–H and O–H groups in total. The van der Waals surface area contributed by atoms with E-state index in [2.05, 4.69) is 5.32 Å². The van der Waals surface area contributed by atoms with E-state index in [1.165, 1.54) is 19.3 Å². The van der Waals surface area contributed by atoms with E-state index in [0.29, 0.717) is 6.61 Å². The lowest BCUT2D eigenvalue weighted by atomic mass is 9.69. The van der Waals surface area contributed by atoms with Gasteiger partial charge in [0.2, 0.25) is 0 Å². The fraction of sp³-hybridized carbons (Fsp3) is 1.00. The molecule has 1 rings (SSSR count). The second-order valence-electron chi connectivity index (χ2n) is 3.68. The second-order valence-corrected chi connectivity index (χ2v) is 3.68. The summed E-state index contributed by atoms with van der Waals surface area (Å²) in [6.45, 7) is 2.90. The van der Waals surface area contributed by atoms with Crippen LogP contribution in [0.25, 0.3) is 0 Å². The van der Waals surface area contributed by atoms with E-state index in [-0.39, 0.29) is 5.41 Å². The molecule has 0 saturated heterocycles. The van der Waals surface area contributed by atoms with Gasteiger partial charge >= 0.3 is 0 Å². The van der Waals surface area contributed by atoms with Crippen LogP contribution in [0.4, 0.5) is 0 Å². The molecule has 0 bridgehead atoms. The first-order chi connectivity index (χ1) is 5.83. The molecule has 3 heteroatoms. The van der Waals surface area contributed by atoms with Crippen molar-refractivity contribution >= 4 is 0 Å². The molecular formula is C9H19NO2. The van der Waals surface area contributed by atoms with Gasteiger partial charge in [0.25, 0.3) is 0 Å². The highest BCUT2D eigenvalue weighted by molar-refractivity contribution is 4.88. The van der Waals surface area contributed by atoms with Crippen LogP contribution < -0.4 is 5.32 Å². The Hall–Kier alpha value is -0.120. The molecule has 0 heterocycles. The van der Waals surface area contributed by atoms with Crippen molar-refractivity contribution in [3.63, 3.8) is 0 Å². The Morgan fingerprint density at radius 1 is 1.50 bits per heavy atom. The van der Waals surface area contributed by atoms with Gasteiger partial charge < -0.3 is 15.2 Å². The summed E-state index contributed by atoms with van der Waals surface area (Å²) in [6.07, 6.45) is 3.61. The predicted molar refractivity (Wildman–Crippen MR) is 48.1 cm³/mol. The Labute approximate surface area is 74.1 Å². The van der Waals surface area contributed by atoms with Crippen LogP contribution in [0.5, 0.6) is 0 Å². The second kappa shape index (κ2) is 4.80. The monoisotopic (exact) mass is 173 g/mol. The van der Waals surface area contributed by atoms with Crippen LogP contribution >= 0.6 is 0 Å². The zero-order valence-electron chi connectivity index (χ0n) is 7.81. The summed E-state index contributed by atoms with van der Waals surface area (Å²) in [5, 5.41) is 12.4. The third-order valence-electron chi connectivity index (χ3n) is 2.73. The van der Waals surface area contributed by atoms with Gasteiger partial charge in [0.1, 0.15) is 0 Å². The van der Waals surface area contributed by atoms with E-state index in [4.69, 9.17) is 9.84 Å². The van der Waals surface area contributed by atoms with Crippen molar-refractivity contribution in [2.75, 3.05) is 33.4 Å². The largest absolute Gasteiger partial charge is 0.396 e. The Morgan fingerprint density at radius 2 is 2.25 bits per heavy atom. The van der Waals surface area contributed by atoms with Gasteiger partial charge in [0.15, 0.2) is 0 Å². The summed E-state index contributed by atoms with van der Waals surface area (Å²) in [5.41, 5.74) is 0.202. The molecule has 0 amide bonds. The van der Waals surface area contributed by atoms with Gasteiger partial charge in [-0.1, -0.05) is 6.42 Å². The molecule has 1 aliphatic carbocycles. The molecule has 0 aromatic carbocycles. The van der Waals surface area contributed by atoms with Crippen LogP contribution in [0.3, 0.4) is 0 Å². The predicted octanol–water partition coefficient (Wildman–Crippen LogP) is 0.385. The molecule has 0 radical (unpaired) electrons. The number of nitrogens with one attached hydrogen (secondary N) is 1. The first-order valence-electron chi connectivity index (χ1n) is 4.63. The Bertz CT molecular complexity index is 118. The van der Waals surface area contributed by atoms with E-state index in [1.807, 2.05) is 0 Å². The number of rotatable bonds is 6. The molecule has 0 atom stereocenters. The van der Waals surface area contributed by atoms with Gasteiger partial charge in [-0.05, 0) is 12.8 Å². The minimum Gasteiger partial charge on any atom is -0.396 e. The zero-order chi connectivity index (χ0) is 8.86. The summed E-state index contributed by atoms with van der Waals surface area (Å²) in [5.74, 6) is 0. The molecule has 0 aromatic heterocycles. The number of aliphatic hydroxyl groups is 1. The zero-order valence-corrected chi connectivity index (χ0v) is 7.81. The van der Waals surface area contributed by atoms with Gasteiger partial charge in [-0.3, -0.25) is 0 Å². The Kier molecular flexibility index (Phi) is 3.98. The molecule has 0 aliphatic heterocycles. The van der Waals surface area contributed by atoms with E-state index in [1.54, 1.807) is 7.11 Å². The SMILES string of the molecule is COCCNCC1(CO)CCC1. The van der Waals surface area contributed by atoms with Crippen molar-refractivity contribution in [2.45, 2.75) is 19.3 Å². The van der Waals surface area contributed by atoms with Crippen molar-refractivity contribution in [3.8, 4) is 0 Å². The van der Waals surface area contributed by atoms with E-state index < -0.39 is 0 Å². The molecule has 1 saturated carbocycles. The van der Waals surface area contributed by atoms with Crippen molar-refractivity contribution in [3.05, 3.63) is 0 Å². The highest BCUT2D eigenvalue weighted by Gasteiger charge is 2.35. The smallest absolute Gasteiger partial charge is 0.0587 e. The minimum atomic E-state index is 0.202. The number of hydrogen-bond donors (Lipinski definition) is 2. The lowest BCUT2D eigenvalue weighted by Gasteiger charge is -2.40. The van der Waals surface area contributed by atoms with Gasteiger partial charge in [0, 0.05) is 32.2 Å². The molecule has 0 aromatic rings. The van der Waals surface area contributed by atoms with Crippen LogP contribution in [0.15, 0.2) is 0 Å². The third-order valence-corrected chi connectivity index (χ3v) is 2.73. The standard InChI is InChI=1S/C9H19NO2/c1-12-6-5-10-7-9(8-11)3-2-4-9/h10-11H,2-8H2,1H3. The van der Waals surface area contributed by atoms with E-state index in [9.17, 15) is 0 Å². The van der Waals surface area contributed by atoms with Crippen molar-refractivity contribution in [1.82, 2.24) is 5.32 Å². The Balaban J connectivity index is 2.04. The lowest BCUT2D eigenvalue weighted by Crippen LogP contribution is -2.43. The number of aliphatic hydroxyl groups excluding tert-OH is 1. The molecule has 1 fully saturated rings. The van der Waals surface area contributed by atoms with E-state index >= 15 is 0 Å². The summed E-state index contributed by atoms with van der Waals surface area (Å²) in [4.78, 5) is 0. The van der Waals surface area contributed by atoms with Crippen molar-refractivity contribution in [2.24, 2.45) is 5.41 Å². The maximum atomic E-state index is 9.12. The highest BCUT2D eigenvalue weighted by Crippen LogP contribution is 2.39. The summed E-state index contributed by atoms with van der Waals surface area (Å²) >= 11 is 0. The molecule has 1 aliphatic rings. The summed E-state index contributed by atoms with van der Waals surface area (Å²) < 4.78 is 4.92. The molecule has 72 valence electrons. The molecular weight excluding hydrogens is 154 g/mol. The first-order valence-corrected chi connectivity index (χ1v) is 4.63. The Morgan fingerprint density at radius 3 is 2.67 bits per heavy atom. The molecule has 0 unspecified atom stereocenters. The van der Waals surface area contributed by atoms with Gasteiger partial charge in [0.05, 0.1) is 6.61 Å². The maximum absolute atomic E-state index is 9.12. The maximum Gasteiger partial charge on any atom is 0.0587 e. The topological polar surface area (TPSA) is 41.5 Å². The number of ether oxygens (including phenoxy) is 1. The van der Waals surface area contributed by atoms with E-state index in [0.717, 1.165) is 19.7 Å². The molecule has 12 heavy (non-hydrogen) atoms. The summed E-state index contributed by atoms with van der Waals surface area (Å²) in [7, 11) is 1.70. The fourth-order valence-electron chi connectivity index (χ4n) is 1.60. The third kappa shape index (κ3) is 2.44. The molecule has 3 nitrogen and oxygen atoms in total. The van der Waals surface area contributed by atoms with Gasteiger partial charge in [-0.15, -0.1) is 0 Å². The normalized spacial score (nSPS) is 20.5. The van der Waals surface area contributed by atoms with Crippen molar-refractivity contribution < 1.29 is 9.84 Å². The quantitative estimate of drug-likeness (QED) is 0.571. The van der Waals surface area contributed by atoms with Crippen molar-refractivity contribution in [1.29, 1.82) is 0 Å². The molecule has 0 spiro atoms. The van der Waals surface area contributed by atoms with Crippen LogP contribution in [-0.2, 0) is 4.74 Å². The van der Waals surface area contributed by atoms with Gasteiger partial charge in [-0.2, -0.15) is 0 Å². The van der Waals surface area contributed by atoms with Gasteiger partial charge in [-0.25, -0.2) is 0 Å². The van der Waals surface area contributed by atoms with Crippen LogP contribution in [0, 0.1) is 5.41 Å². The average Bonchev–Trinajstić information content (AvgIpc) is 2.02. The van der Waals surface area contributed by atoms with Crippen LogP contribution in [0.1, 0.15) is 19.3 Å². The van der Waals surface area contributed by atoms with Crippen LogP contribution in [0.2, 0.25) is 0 Å². The lowest BCUT2D eigenvalue weighted by molar-refractivity contribution is 0.0432. The average molecular weight is 173 g/mol. The number of hydrogen-bond acceptors (Lipinski definition) is 3. The summed E-state index contributed by atoms with van der Waals surface area (Å²) in [6, 6.07) is 0. The number of methoxy groups -OCH3 is 1.